The number of rotatable bonds is 11. The van der Waals surface area contributed by atoms with E-state index in [-0.39, 0.29) is 17.0 Å². The quantitative estimate of drug-likeness (QED) is 0.213. The van der Waals surface area contributed by atoms with E-state index in [1.165, 1.54) is 16.1 Å². The Balaban J connectivity index is 0.00000361. The summed E-state index contributed by atoms with van der Waals surface area (Å²) in [6, 6.07) is 26.9. The minimum Gasteiger partial charge on any atom is -1.00 e. The molecular formula is C28H33BrN6S. The number of nitrogens with zero attached hydrogens (tertiary/aromatic N) is 4. The molecule has 0 spiro atoms. The zero-order valence-corrected chi connectivity index (χ0v) is 23.4. The maximum absolute atomic E-state index is 4.68. The predicted molar refractivity (Wildman–Crippen MR) is 147 cm³/mol. The third-order valence-electron chi connectivity index (χ3n) is 5.80. The highest BCUT2D eigenvalue weighted by atomic mass is 79.9. The smallest absolute Gasteiger partial charge is 0.410 e. The zero-order chi connectivity index (χ0) is 24.5. The third kappa shape index (κ3) is 7.15. The Morgan fingerprint density at radius 2 is 1.39 bits per heavy atom. The molecule has 0 bridgehead atoms. The average molecular weight is 566 g/mol. The van der Waals surface area contributed by atoms with Crippen molar-refractivity contribution in [3.05, 3.63) is 96.2 Å². The molecule has 6 nitrogen and oxygen atoms in total. The molecule has 0 saturated carbocycles. The molecule has 8 heteroatoms. The van der Waals surface area contributed by atoms with Gasteiger partial charge in [0, 0.05) is 26.2 Å². The lowest BCUT2D eigenvalue weighted by Crippen LogP contribution is -3.00. The van der Waals surface area contributed by atoms with Crippen molar-refractivity contribution in [3.8, 4) is 0 Å². The molecule has 0 aliphatic carbocycles. The van der Waals surface area contributed by atoms with Gasteiger partial charge in [0.1, 0.15) is 16.9 Å². The summed E-state index contributed by atoms with van der Waals surface area (Å²) in [5, 5.41) is 18.6. The van der Waals surface area contributed by atoms with Crippen molar-refractivity contribution in [2.45, 2.75) is 26.9 Å². The second-order valence-electron chi connectivity index (χ2n) is 8.21. The number of halogens is 1. The van der Waals surface area contributed by atoms with Gasteiger partial charge >= 0.3 is 5.13 Å². The highest BCUT2D eigenvalue weighted by Crippen LogP contribution is 2.36. The first kappa shape index (κ1) is 27.4. The van der Waals surface area contributed by atoms with Crippen LogP contribution in [0.3, 0.4) is 0 Å². The number of thiazole rings is 1. The number of anilines is 3. The topological polar surface area (TPSA) is 55.9 Å². The summed E-state index contributed by atoms with van der Waals surface area (Å²) >= 11 is 1.66. The molecule has 4 rings (SSSR count). The normalized spacial score (nSPS) is 10.8. The Hall–Kier alpha value is -3.23. The van der Waals surface area contributed by atoms with Crippen LogP contribution in [0, 0.1) is 0 Å². The summed E-state index contributed by atoms with van der Waals surface area (Å²) in [6.07, 6.45) is 2.12. The summed E-state index contributed by atoms with van der Waals surface area (Å²) < 4.78 is 2.04. The highest BCUT2D eigenvalue weighted by Gasteiger charge is 2.18. The largest absolute Gasteiger partial charge is 1.00 e. The Morgan fingerprint density at radius 1 is 0.778 bits per heavy atom. The van der Waals surface area contributed by atoms with Gasteiger partial charge in [-0.05, 0) is 53.6 Å². The number of nitrogens with one attached hydrogen (secondary N) is 2. The van der Waals surface area contributed by atoms with Crippen LogP contribution in [0.2, 0.25) is 0 Å². The fourth-order valence-electron chi connectivity index (χ4n) is 3.82. The molecule has 188 valence electrons. The lowest BCUT2D eigenvalue weighted by Gasteiger charge is -2.16. The van der Waals surface area contributed by atoms with E-state index >= 15 is 0 Å². The Bertz CT molecular complexity index is 1240. The lowest BCUT2D eigenvalue weighted by atomic mass is 10.1. The van der Waals surface area contributed by atoms with E-state index in [1.54, 1.807) is 11.3 Å². The fraction of sp³-hybridized carbons (Fsp3) is 0.250. The third-order valence-corrected chi connectivity index (χ3v) is 6.93. The monoisotopic (exact) mass is 564 g/mol. The van der Waals surface area contributed by atoms with E-state index in [2.05, 4.69) is 100 Å². The van der Waals surface area contributed by atoms with Crippen LogP contribution in [-0.4, -0.2) is 13.1 Å². The van der Waals surface area contributed by atoms with Crippen molar-refractivity contribution in [2.24, 2.45) is 17.3 Å². The van der Waals surface area contributed by atoms with Crippen molar-refractivity contribution < 1.29 is 21.5 Å². The number of hydrogen-bond acceptors (Lipinski definition) is 6. The molecule has 2 N–H and O–H groups in total. The standard InChI is InChI=1S/C28H32N6S.BrH/c1-4-34(5-2)26-21-33(3)28(35-26)32-31-25-18-12-17-24(29-19-22-13-8-6-9-14-22)27(25)30-20-23-15-10-7-11-16-23;/h6-18,21H,4-5,19-20H2,1-3H3,(H,29,31);1H. The van der Waals surface area contributed by atoms with Crippen molar-refractivity contribution in [1.82, 2.24) is 0 Å². The van der Waals surface area contributed by atoms with Gasteiger partial charge < -0.3 is 32.5 Å². The van der Waals surface area contributed by atoms with E-state index in [4.69, 9.17) is 0 Å². The summed E-state index contributed by atoms with van der Waals surface area (Å²) in [5.74, 6) is 0. The Labute approximate surface area is 228 Å². The Kier molecular flexibility index (Phi) is 10.5. The van der Waals surface area contributed by atoms with Crippen LogP contribution in [0.5, 0.6) is 0 Å². The van der Waals surface area contributed by atoms with Crippen LogP contribution in [0.15, 0.2) is 95.3 Å². The first-order valence-corrected chi connectivity index (χ1v) is 12.8. The van der Waals surface area contributed by atoms with Gasteiger partial charge in [0.15, 0.2) is 0 Å². The van der Waals surface area contributed by atoms with Gasteiger partial charge in [-0.25, -0.2) is 4.57 Å². The molecule has 1 heterocycles. The zero-order valence-electron chi connectivity index (χ0n) is 21.0. The summed E-state index contributed by atoms with van der Waals surface area (Å²) in [5.41, 5.74) is 5.18. The van der Waals surface area contributed by atoms with Gasteiger partial charge in [-0.15, -0.1) is 0 Å². The van der Waals surface area contributed by atoms with Crippen molar-refractivity contribution in [3.63, 3.8) is 0 Å². The van der Waals surface area contributed by atoms with Crippen LogP contribution in [-0.2, 0) is 20.1 Å². The summed E-state index contributed by atoms with van der Waals surface area (Å²) in [6.45, 7) is 7.71. The van der Waals surface area contributed by atoms with Crippen molar-refractivity contribution in [1.29, 1.82) is 0 Å². The molecule has 0 atom stereocenters. The van der Waals surface area contributed by atoms with E-state index in [0.29, 0.717) is 6.54 Å². The van der Waals surface area contributed by atoms with Crippen molar-refractivity contribution >= 4 is 38.5 Å². The number of azo groups is 1. The van der Waals surface area contributed by atoms with Gasteiger partial charge in [0.2, 0.25) is 0 Å². The fourth-order valence-corrected chi connectivity index (χ4v) is 4.88. The van der Waals surface area contributed by atoms with Crippen LogP contribution in [0.4, 0.5) is 27.2 Å². The van der Waals surface area contributed by atoms with Gasteiger partial charge in [0.05, 0.1) is 23.5 Å². The van der Waals surface area contributed by atoms with Gasteiger partial charge in [0.25, 0.3) is 0 Å². The maximum atomic E-state index is 4.68. The molecular weight excluding hydrogens is 532 g/mol. The molecule has 4 aromatic rings. The molecule has 0 saturated heterocycles. The van der Waals surface area contributed by atoms with Gasteiger partial charge in [-0.2, -0.15) is 0 Å². The minimum atomic E-state index is 0. The number of aromatic nitrogens is 1. The maximum Gasteiger partial charge on any atom is 0.410 e. The SMILES string of the molecule is CCN(CC)c1c[n+](C)c(N=Nc2cccc(NCc3ccccc3)c2NCc2ccccc2)s1.[Br-]. The van der Waals surface area contributed by atoms with Crippen LogP contribution >= 0.6 is 11.3 Å². The number of aryl methyl sites for hydroxylation is 1. The number of hydrogen-bond donors (Lipinski definition) is 2. The molecule has 3 aromatic carbocycles. The van der Waals surface area contributed by atoms with Crippen molar-refractivity contribution in [2.75, 3.05) is 28.6 Å². The number of para-hydroxylation sites is 1. The van der Waals surface area contributed by atoms with Crippen LogP contribution in [0.1, 0.15) is 25.0 Å². The first-order valence-electron chi connectivity index (χ1n) is 12.0. The summed E-state index contributed by atoms with van der Waals surface area (Å²) in [7, 11) is 2.02. The molecule has 0 radical (unpaired) electrons. The van der Waals surface area contributed by atoms with Crippen LogP contribution < -0.4 is 37.1 Å². The molecule has 0 fully saturated rings. The second kappa shape index (κ2) is 13.8. The van der Waals surface area contributed by atoms with E-state index in [9.17, 15) is 0 Å². The van der Waals surface area contributed by atoms with E-state index in [1.807, 2.05) is 35.9 Å². The molecule has 36 heavy (non-hydrogen) atoms. The van der Waals surface area contributed by atoms with Crippen LogP contribution in [0.25, 0.3) is 0 Å². The number of benzene rings is 3. The van der Waals surface area contributed by atoms with E-state index in [0.717, 1.165) is 41.8 Å². The summed E-state index contributed by atoms with van der Waals surface area (Å²) in [4.78, 5) is 2.32. The Morgan fingerprint density at radius 3 is 2.00 bits per heavy atom. The molecule has 0 unspecified atom stereocenters. The average Bonchev–Trinajstić information content (AvgIpc) is 3.27. The second-order valence-corrected chi connectivity index (χ2v) is 9.20. The van der Waals surface area contributed by atoms with E-state index < -0.39 is 0 Å². The predicted octanol–water partition coefficient (Wildman–Crippen LogP) is 4.06. The minimum absolute atomic E-state index is 0. The lowest BCUT2D eigenvalue weighted by molar-refractivity contribution is -0.653. The molecule has 1 aromatic heterocycles. The highest BCUT2D eigenvalue weighted by molar-refractivity contribution is 7.18. The first-order chi connectivity index (χ1) is 17.2. The van der Waals surface area contributed by atoms with Gasteiger partial charge in [-0.3, -0.25) is 0 Å². The van der Waals surface area contributed by atoms with Gasteiger partial charge in [-0.1, -0.05) is 66.7 Å². The molecule has 0 aliphatic heterocycles. The molecule has 0 aliphatic rings. The molecule has 0 amide bonds.